The van der Waals surface area contributed by atoms with Gasteiger partial charge in [0.05, 0.1) is 5.56 Å². The zero-order chi connectivity index (χ0) is 14.1. The fourth-order valence-electron chi connectivity index (χ4n) is 2.36. The number of carbonyl (C=O) groups excluding carboxylic acids is 1. The van der Waals surface area contributed by atoms with E-state index < -0.39 is 0 Å². The molecule has 3 rings (SSSR count). The third kappa shape index (κ3) is 2.45. The lowest BCUT2D eigenvalue weighted by Crippen LogP contribution is -2.22. The van der Waals surface area contributed by atoms with Crippen molar-refractivity contribution in [1.29, 1.82) is 0 Å². The van der Waals surface area contributed by atoms with Gasteiger partial charge in [-0.3, -0.25) is 4.79 Å². The number of benzene rings is 1. The van der Waals surface area contributed by atoms with Gasteiger partial charge in [-0.25, -0.2) is 0 Å². The third-order valence-corrected chi connectivity index (χ3v) is 3.37. The van der Waals surface area contributed by atoms with Crippen LogP contribution in [0.2, 0.25) is 0 Å². The van der Waals surface area contributed by atoms with Gasteiger partial charge in [-0.05, 0) is 42.1 Å². The summed E-state index contributed by atoms with van der Waals surface area (Å²) in [5, 5.41) is 4.11. The SMILES string of the molecule is Cc1cc2cc(CNC(=O)c3ccn(C)c3)ccc2[nH]1. The van der Waals surface area contributed by atoms with Gasteiger partial charge in [0.1, 0.15) is 0 Å². The largest absolute Gasteiger partial charge is 0.359 e. The van der Waals surface area contributed by atoms with E-state index in [4.69, 9.17) is 0 Å². The maximum absolute atomic E-state index is 12.0. The minimum atomic E-state index is -0.0454. The molecule has 0 radical (unpaired) electrons. The van der Waals surface area contributed by atoms with E-state index in [1.165, 1.54) is 5.39 Å². The zero-order valence-electron chi connectivity index (χ0n) is 11.6. The second-order valence-corrected chi connectivity index (χ2v) is 5.12. The Morgan fingerprint density at radius 3 is 2.90 bits per heavy atom. The van der Waals surface area contributed by atoms with Crippen molar-refractivity contribution in [2.24, 2.45) is 7.05 Å². The Balaban J connectivity index is 1.71. The molecular weight excluding hydrogens is 250 g/mol. The molecule has 0 fully saturated rings. The van der Waals surface area contributed by atoms with Crippen molar-refractivity contribution in [1.82, 2.24) is 14.9 Å². The highest BCUT2D eigenvalue weighted by molar-refractivity contribution is 5.94. The average Bonchev–Trinajstić information content (AvgIpc) is 3.00. The van der Waals surface area contributed by atoms with Crippen LogP contribution in [0.15, 0.2) is 42.7 Å². The van der Waals surface area contributed by atoms with E-state index >= 15 is 0 Å². The fraction of sp³-hybridized carbons (Fsp3) is 0.188. The topological polar surface area (TPSA) is 49.8 Å². The molecule has 102 valence electrons. The Hall–Kier alpha value is -2.49. The molecule has 1 amide bonds. The zero-order valence-corrected chi connectivity index (χ0v) is 11.6. The monoisotopic (exact) mass is 267 g/mol. The molecule has 0 aliphatic heterocycles. The third-order valence-electron chi connectivity index (χ3n) is 3.37. The highest BCUT2D eigenvalue weighted by Gasteiger charge is 2.06. The quantitative estimate of drug-likeness (QED) is 0.753. The van der Waals surface area contributed by atoms with E-state index in [0.717, 1.165) is 16.8 Å². The van der Waals surface area contributed by atoms with Crippen molar-refractivity contribution in [2.45, 2.75) is 13.5 Å². The minimum absolute atomic E-state index is 0.0454. The smallest absolute Gasteiger partial charge is 0.253 e. The minimum Gasteiger partial charge on any atom is -0.359 e. The van der Waals surface area contributed by atoms with E-state index in [-0.39, 0.29) is 5.91 Å². The first-order valence-corrected chi connectivity index (χ1v) is 6.60. The standard InChI is InChI=1S/C16H17N3O/c1-11-7-14-8-12(3-4-15(14)18-11)9-17-16(20)13-5-6-19(2)10-13/h3-8,10,18H,9H2,1-2H3,(H,17,20). The summed E-state index contributed by atoms with van der Waals surface area (Å²) >= 11 is 0. The van der Waals surface area contributed by atoms with Gasteiger partial charge in [-0.1, -0.05) is 6.07 Å². The molecule has 2 aromatic heterocycles. The molecule has 0 unspecified atom stereocenters. The number of rotatable bonds is 3. The van der Waals surface area contributed by atoms with Crippen molar-refractivity contribution in [3.8, 4) is 0 Å². The maximum Gasteiger partial charge on any atom is 0.253 e. The van der Waals surface area contributed by atoms with Crippen LogP contribution >= 0.6 is 0 Å². The van der Waals surface area contributed by atoms with Crippen LogP contribution in [0, 0.1) is 6.92 Å². The second kappa shape index (κ2) is 4.89. The number of hydrogen-bond acceptors (Lipinski definition) is 1. The van der Waals surface area contributed by atoms with Crippen LogP contribution in [-0.2, 0) is 13.6 Å². The molecule has 2 heterocycles. The van der Waals surface area contributed by atoms with Gasteiger partial charge in [0.15, 0.2) is 0 Å². The number of hydrogen-bond donors (Lipinski definition) is 2. The summed E-state index contributed by atoms with van der Waals surface area (Å²) in [7, 11) is 1.90. The van der Waals surface area contributed by atoms with Crippen molar-refractivity contribution < 1.29 is 4.79 Å². The summed E-state index contributed by atoms with van der Waals surface area (Å²) in [6, 6.07) is 10.1. The van der Waals surface area contributed by atoms with Crippen molar-refractivity contribution in [2.75, 3.05) is 0 Å². The second-order valence-electron chi connectivity index (χ2n) is 5.12. The van der Waals surface area contributed by atoms with Crippen LogP contribution in [0.25, 0.3) is 10.9 Å². The molecule has 2 N–H and O–H groups in total. The fourth-order valence-corrected chi connectivity index (χ4v) is 2.36. The highest BCUT2D eigenvalue weighted by atomic mass is 16.1. The van der Waals surface area contributed by atoms with E-state index in [2.05, 4.69) is 22.4 Å². The number of carbonyl (C=O) groups is 1. The summed E-state index contributed by atoms with van der Waals surface area (Å²) < 4.78 is 1.86. The summed E-state index contributed by atoms with van der Waals surface area (Å²) in [4.78, 5) is 15.3. The van der Waals surface area contributed by atoms with Gasteiger partial charge in [0.25, 0.3) is 5.91 Å². The molecule has 4 heteroatoms. The van der Waals surface area contributed by atoms with Crippen LogP contribution in [-0.4, -0.2) is 15.5 Å². The Labute approximate surface area is 117 Å². The Kier molecular flexibility index (Phi) is 3.06. The number of nitrogens with zero attached hydrogens (tertiary/aromatic N) is 1. The number of aromatic amines is 1. The maximum atomic E-state index is 12.0. The first kappa shape index (κ1) is 12.5. The molecule has 0 spiro atoms. The van der Waals surface area contributed by atoms with Crippen LogP contribution in [0.4, 0.5) is 0 Å². The predicted molar refractivity (Wildman–Crippen MR) is 79.6 cm³/mol. The lowest BCUT2D eigenvalue weighted by Gasteiger charge is -2.04. The molecule has 20 heavy (non-hydrogen) atoms. The number of nitrogens with one attached hydrogen (secondary N) is 2. The Morgan fingerprint density at radius 1 is 1.30 bits per heavy atom. The van der Waals surface area contributed by atoms with Crippen LogP contribution < -0.4 is 5.32 Å². The Bertz CT molecular complexity index is 767. The van der Waals surface area contributed by atoms with Gasteiger partial charge in [-0.15, -0.1) is 0 Å². The van der Waals surface area contributed by atoms with Crippen LogP contribution in [0.3, 0.4) is 0 Å². The number of amides is 1. The predicted octanol–water partition coefficient (Wildman–Crippen LogP) is 2.74. The summed E-state index contributed by atoms with van der Waals surface area (Å²) in [5.74, 6) is -0.0454. The van der Waals surface area contributed by atoms with Crippen molar-refractivity contribution >= 4 is 16.8 Å². The molecule has 0 aliphatic carbocycles. The molecule has 0 bridgehead atoms. The van der Waals surface area contributed by atoms with Gasteiger partial charge in [0, 0.05) is 37.2 Å². The molecule has 1 aromatic carbocycles. The van der Waals surface area contributed by atoms with Gasteiger partial charge < -0.3 is 14.9 Å². The first-order valence-electron chi connectivity index (χ1n) is 6.60. The lowest BCUT2D eigenvalue weighted by molar-refractivity contribution is 0.0951. The Morgan fingerprint density at radius 2 is 2.15 bits per heavy atom. The van der Waals surface area contributed by atoms with E-state index in [1.807, 2.05) is 49.1 Å². The normalized spacial score (nSPS) is 10.9. The molecule has 0 saturated heterocycles. The molecule has 0 saturated carbocycles. The van der Waals surface area contributed by atoms with Crippen LogP contribution in [0.1, 0.15) is 21.6 Å². The average molecular weight is 267 g/mol. The number of aromatic nitrogens is 2. The molecule has 3 aromatic rings. The number of fused-ring (bicyclic) bond motifs is 1. The molecular formula is C16H17N3O. The summed E-state index contributed by atoms with van der Waals surface area (Å²) in [5.41, 5.74) is 4.05. The summed E-state index contributed by atoms with van der Waals surface area (Å²) in [6.45, 7) is 2.57. The van der Waals surface area contributed by atoms with Crippen LogP contribution in [0.5, 0.6) is 0 Å². The van der Waals surface area contributed by atoms with E-state index in [9.17, 15) is 4.79 Å². The number of H-pyrrole nitrogens is 1. The van der Waals surface area contributed by atoms with E-state index in [1.54, 1.807) is 0 Å². The van der Waals surface area contributed by atoms with Gasteiger partial charge >= 0.3 is 0 Å². The summed E-state index contributed by atoms with van der Waals surface area (Å²) in [6.07, 6.45) is 3.68. The van der Waals surface area contributed by atoms with Crippen molar-refractivity contribution in [3.05, 3.63) is 59.5 Å². The van der Waals surface area contributed by atoms with Gasteiger partial charge in [-0.2, -0.15) is 0 Å². The molecule has 0 atom stereocenters. The van der Waals surface area contributed by atoms with E-state index in [0.29, 0.717) is 12.1 Å². The molecule has 0 aliphatic rings. The van der Waals surface area contributed by atoms with Gasteiger partial charge in [0.2, 0.25) is 0 Å². The molecule has 4 nitrogen and oxygen atoms in total. The highest BCUT2D eigenvalue weighted by Crippen LogP contribution is 2.16. The van der Waals surface area contributed by atoms with Crippen molar-refractivity contribution in [3.63, 3.8) is 0 Å². The number of aryl methyl sites for hydroxylation is 2. The first-order chi connectivity index (χ1) is 9.61. The lowest BCUT2D eigenvalue weighted by atomic mass is 10.1.